The molecule has 0 atom stereocenters. The molecule has 1 saturated carbocycles. The van der Waals surface area contributed by atoms with E-state index in [1.807, 2.05) is 0 Å². The molecule has 1 aliphatic carbocycles. The molecule has 0 unspecified atom stereocenters. The Morgan fingerprint density at radius 2 is 1.88 bits per heavy atom. The van der Waals surface area contributed by atoms with Crippen LogP contribution in [0.2, 0.25) is 0 Å². The van der Waals surface area contributed by atoms with Crippen molar-refractivity contribution in [1.82, 2.24) is 4.90 Å². The fraction of sp³-hybridized carbons (Fsp3) is 0.467. The lowest BCUT2D eigenvalue weighted by Gasteiger charge is -2.19. The first-order chi connectivity index (χ1) is 8.31. The van der Waals surface area contributed by atoms with E-state index in [0.717, 1.165) is 25.6 Å². The highest BCUT2D eigenvalue weighted by Crippen LogP contribution is 2.30. The fourth-order valence-electron chi connectivity index (χ4n) is 2.02. The van der Waals surface area contributed by atoms with Gasteiger partial charge in [0.25, 0.3) is 0 Å². The average molecular weight is 228 g/mol. The van der Waals surface area contributed by atoms with Crippen molar-refractivity contribution >= 4 is 0 Å². The van der Waals surface area contributed by atoms with Crippen LogP contribution in [0.15, 0.2) is 24.3 Å². The number of nitrogens with zero attached hydrogens (tertiary/aromatic N) is 1. The van der Waals surface area contributed by atoms with Gasteiger partial charge in [-0.05, 0) is 29.9 Å². The Balaban J connectivity index is 1.92. The summed E-state index contributed by atoms with van der Waals surface area (Å²) in [4.78, 5) is 2.36. The van der Waals surface area contributed by atoms with Gasteiger partial charge < -0.3 is 5.73 Å². The minimum atomic E-state index is 0.608. The minimum absolute atomic E-state index is 0.608. The Morgan fingerprint density at radius 1 is 1.24 bits per heavy atom. The standard InChI is InChI=1S/C15H20N2/c1-2-9-17(12-15-7-8-15)11-14-5-3-13(10-16)4-6-14/h1,3-6,15H,7-12,16H2. The van der Waals surface area contributed by atoms with Crippen LogP contribution in [0.1, 0.15) is 24.0 Å². The summed E-state index contributed by atoms with van der Waals surface area (Å²) in [6.45, 7) is 3.44. The molecular weight excluding hydrogens is 208 g/mol. The summed E-state index contributed by atoms with van der Waals surface area (Å²) < 4.78 is 0. The van der Waals surface area contributed by atoms with Crippen LogP contribution in [0, 0.1) is 18.3 Å². The Morgan fingerprint density at radius 3 is 2.41 bits per heavy atom. The second-order valence-electron chi connectivity index (χ2n) is 4.84. The van der Waals surface area contributed by atoms with Gasteiger partial charge in [0.2, 0.25) is 0 Å². The molecule has 0 amide bonds. The highest BCUT2D eigenvalue weighted by molar-refractivity contribution is 5.22. The monoisotopic (exact) mass is 228 g/mol. The second kappa shape index (κ2) is 5.86. The zero-order valence-corrected chi connectivity index (χ0v) is 10.2. The van der Waals surface area contributed by atoms with Crippen LogP contribution in [-0.2, 0) is 13.1 Å². The smallest absolute Gasteiger partial charge is 0.0601 e. The predicted octanol–water partition coefficient (Wildman–Crippen LogP) is 1.99. The van der Waals surface area contributed by atoms with E-state index < -0.39 is 0 Å². The molecule has 0 saturated heterocycles. The summed E-state index contributed by atoms with van der Waals surface area (Å²) in [6.07, 6.45) is 8.15. The van der Waals surface area contributed by atoms with Crippen molar-refractivity contribution in [3.8, 4) is 12.3 Å². The van der Waals surface area contributed by atoms with E-state index in [-0.39, 0.29) is 0 Å². The normalized spacial score (nSPS) is 14.9. The molecule has 0 spiro atoms. The van der Waals surface area contributed by atoms with Crippen LogP contribution in [0.25, 0.3) is 0 Å². The molecule has 0 aliphatic heterocycles. The first-order valence-corrected chi connectivity index (χ1v) is 6.25. The molecular formula is C15H20N2. The fourth-order valence-corrected chi connectivity index (χ4v) is 2.02. The van der Waals surface area contributed by atoms with Gasteiger partial charge in [0.1, 0.15) is 0 Å². The summed E-state index contributed by atoms with van der Waals surface area (Å²) in [6, 6.07) is 8.50. The summed E-state index contributed by atoms with van der Waals surface area (Å²) >= 11 is 0. The van der Waals surface area contributed by atoms with Crippen LogP contribution in [-0.4, -0.2) is 18.0 Å². The quantitative estimate of drug-likeness (QED) is 0.754. The van der Waals surface area contributed by atoms with Gasteiger partial charge in [-0.3, -0.25) is 4.90 Å². The topological polar surface area (TPSA) is 29.3 Å². The zero-order chi connectivity index (χ0) is 12.1. The lowest BCUT2D eigenvalue weighted by atomic mass is 10.1. The van der Waals surface area contributed by atoms with E-state index in [4.69, 9.17) is 12.2 Å². The van der Waals surface area contributed by atoms with Gasteiger partial charge in [-0.2, -0.15) is 0 Å². The predicted molar refractivity (Wildman–Crippen MR) is 71.2 cm³/mol. The summed E-state index contributed by atoms with van der Waals surface area (Å²) in [5, 5.41) is 0. The number of rotatable bonds is 6. The van der Waals surface area contributed by atoms with E-state index in [1.165, 1.54) is 24.0 Å². The van der Waals surface area contributed by atoms with Crippen molar-refractivity contribution in [2.45, 2.75) is 25.9 Å². The number of benzene rings is 1. The number of hydrogen-bond acceptors (Lipinski definition) is 2. The third-order valence-corrected chi connectivity index (χ3v) is 3.19. The first kappa shape index (κ1) is 12.2. The molecule has 1 aromatic carbocycles. The summed E-state index contributed by atoms with van der Waals surface area (Å²) in [5.74, 6) is 3.63. The SMILES string of the molecule is C#CCN(Cc1ccc(CN)cc1)CC1CC1. The van der Waals surface area contributed by atoms with Crippen LogP contribution >= 0.6 is 0 Å². The molecule has 2 nitrogen and oxygen atoms in total. The molecule has 2 heteroatoms. The summed E-state index contributed by atoms with van der Waals surface area (Å²) in [5.41, 5.74) is 8.08. The Bertz CT molecular complexity index is 384. The average Bonchev–Trinajstić information content (AvgIpc) is 3.14. The number of nitrogens with two attached hydrogens (primary N) is 1. The van der Waals surface area contributed by atoms with Gasteiger partial charge in [-0.25, -0.2) is 0 Å². The van der Waals surface area contributed by atoms with Crippen molar-refractivity contribution in [1.29, 1.82) is 0 Å². The lowest BCUT2D eigenvalue weighted by molar-refractivity contribution is 0.286. The van der Waals surface area contributed by atoms with Crippen molar-refractivity contribution in [3.05, 3.63) is 35.4 Å². The maximum atomic E-state index is 5.59. The van der Waals surface area contributed by atoms with Gasteiger partial charge in [-0.1, -0.05) is 30.2 Å². The molecule has 0 heterocycles. The molecule has 17 heavy (non-hydrogen) atoms. The summed E-state index contributed by atoms with van der Waals surface area (Å²) in [7, 11) is 0. The van der Waals surface area contributed by atoms with Gasteiger partial charge in [-0.15, -0.1) is 6.42 Å². The van der Waals surface area contributed by atoms with E-state index in [2.05, 4.69) is 35.1 Å². The largest absolute Gasteiger partial charge is 0.326 e. The van der Waals surface area contributed by atoms with Gasteiger partial charge in [0.05, 0.1) is 6.54 Å². The molecule has 2 N–H and O–H groups in total. The van der Waals surface area contributed by atoms with Gasteiger partial charge in [0, 0.05) is 19.6 Å². The lowest BCUT2D eigenvalue weighted by Crippen LogP contribution is -2.25. The van der Waals surface area contributed by atoms with Crippen molar-refractivity contribution in [3.63, 3.8) is 0 Å². The molecule has 0 aromatic heterocycles. The Hall–Kier alpha value is -1.30. The molecule has 90 valence electrons. The Kier molecular flexibility index (Phi) is 4.19. The number of hydrogen-bond donors (Lipinski definition) is 1. The van der Waals surface area contributed by atoms with E-state index >= 15 is 0 Å². The van der Waals surface area contributed by atoms with E-state index in [0.29, 0.717) is 6.54 Å². The van der Waals surface area contributed by atoms with Crippen molar-refractivity contribution in [2.75, 3.05) is 13.1 Å². The maximum Gasteiger partial charge on any atom is 0.0601 e. The maximum absolute atomic E-state index is 5.59. The van der Waals surface area contributed by atoms with E-state index in [9.17, 15) is 0 Å². The van der Waals surface area contributed by atoms with Gasteiger partial charge >= 0.3 is 0 Å². The molecule has 1 fully saturated rings. The highest BCUT2D eigenvalue weighted by Gasteiger charge is 2.23. The second-order valence-corrected chi connectivity index (χ2v) is 4.84. The van der Waals surface area contributed by atoms with Crippen LogP contribution in [0.4, 0.5) is 0 Å². The van der Waals surface area contributed by atoms with E-state index in [1.54, 1.807) is 0 Å². The zero-order valence-electron chi connectivity index (χ0n) is 10.2. The molecule has 1 aromatic rings. The minimum Gasteiger partial charge on any atom is -0.326 e. The highest BCUT2D eigenvalue weighted by atomic mass is 15.1. The third kappa shape index (κ3) is 3.89. The van der Waals surface area contributed by atoms with Crippen LogP contribution in [0.5, 0.6) is 0 Å². The van der Waals surface area contributed by atoms with Crippen molar-refractivity contribution in [2.24, 2.45) is 11.7 Å². The number of terminal acetylenes is 1. The first-order valence-electron chi connectivity index (χ1n) is 6.25. The van der Waals surface area contributed by atoms with Crippen LogP contribution in [0.3, 0.4) is 0 Å². The molecule has 0 bridgehead atoms. The van der Waals surface area contributed by atoms with Crippen LogP contribution < -0.4 is 5.73 Å². The van der Waals surface area contributed by atoms with Crippen molar-refractivity contribution < 1.29 is 0 Å². The Labute approximate surface area is 104 Å². The molecule has 2 rings (SSSR count). The van der Waals surface area contributed by atoms with Gasteiger partial charge in [0.15, 0.2) is 0 Å². The molecule has 1 aliphatic rings. The molecule has 0 radical (unpaired) electrons. The third-order valence-electron chi connectivity index (χ3n) is 3.19.